The lowest BCUT2D eigenvalue weighted by Gasteiger charge is -2.27. The van der Waals surface area contributed by atoms with Crippen molar-refractivity contribution < 1.29 is 14.6 Å². The van der Waals surface area contributed by atoms with Crippen LogP contribution in [0.25, 0.3) is 22.2 Å². The number of carbonyl (C=O) groups excluding carboxylic acids is 1. The maximum atomic E-state index is 13.2. The molecule has 2 N–H and O–H groups in total. The van der Waals surface area contributed by atoms with Crippen molar-refractivity contribution in [2.45, 2.75) is 6.54 Å². The fourth-order valence-electron chi connectivity index (χ4n) is 3.65. The average molecular weight is 421 g/mol. The van der Waals surface area contributed by atoms with Crippen LogP contribution in [0.1, 0.15) is 10.4 Å². The topological polar surface area (TPSA) is 110 Å². The lowest BCUT2D eigenvalue weighted by Crippen LogP contribution is -2.40. The number of aromatic nitrogens is 3. The van der Waals surface area contributed by atoms with Crippen LogP contribution in [0, 0.1) is 0 Å². The summed E-state index contributed by atoms with van der Waals surface area (Å²) in [5.74, 6) is -1.12. The lowest BCUT2D eigenvalue weighted by molar-refractivity contribution is 0.0364. The van der Waals surface area contributed by atoms with Crippen molar-refractivity contribution in [3.8, 4) is 16.9 Å². The van der Waals surface area contributed by atoms with E-state index in [-0.39, 0.29) is 5.56 Å². The Morgan fingerprint density at radius 3 is 2.77 bits per heavy atom. The number of amides is 1. The Labute approximate surface area is 178 Å². The van der Waals surface area contributed by atoms with Gasteiger partial charge in [0.15, 0.2) is 0 Å². The minimum atomic E-state index is -0.716. The lowest BCUT2D eigenvalue weighted by atomic mass is 10.1. The largest absolute Gasteiger partial charge is 0.506 e. The van der Waals surface area contributed by atoms with E-state index >= 15 is 0 Å². The van der Waals surface area contributed by atoms with E-state index in [9.17, 15) is 14.7 Å². The van der Waals surface area contributed by atoms with Crippen molar-refractivity contribution >= 4 is 16.9 Å². The number of ether oxygens (including phenoxy) is 1. The highest BCUT2D eigenvalue weighted by molar-refractivity contribution is 6.02. The van der Waals surface area contributed by atoms with E-state index in [1.165, 1.54) is 10.8 Å². The highest BCUT2D eigenvalue weighted by atomic mass is 16.5. The number of nitrogens with zero attached hydrogens (tertiary/aromatic N) is 4. The highest BCUT2D eigenvalue weighted by Crippen LogP contribution is 2.29. The van der Waals surface area contributed by atoms with E-state index < -0.39 is 17.2 Å². The van der Waals surface area contributed by atoms with E-state index in [1.807, 2.05) is 6.07 Å². The second-order valence-corrected chi connectivity index (χ2v) is 7.15. The number of carbonyl (C=O) groups is 1. The van der Waals surface area contributed by atoms with E-state index in [4.69, 9.17) is 4.74 Å². The Balaban J connectivity index is 1.84. The number of aromatic hydroxyl groups is 1. The van der Waals surface area contributed by atoms with Crippen LogP contribution < -0.4 is 10.9 Å². The highest BCUT2D eigenvalue weighted by Gasteiger charge is 2.23. The number of hydrogen-bond acceptors (Lipinski definition) is 7. The second-order valence-electron chi connectivity index (χ2n) is 7.15. The van der Waals surface area contributed by atoms with Crippen LogP contribution in [-0.4, -0.2) is 63.3 Å². The minimum absolute atomic E-state index is 0.317. The molecule has 1 amide bonds. The molecule has 3 aromatic rings. The Morgan fingerprint density at radius 2 is 2.06 bits per heavy atom. The third-order valence-electron chi connectivity index (χ3n) is 5.27. The minimum Gasteiger partial charge on any atom is -0.506 e. The van der Waals surface area contributed by atoms with Crippen molar-refractivity contribution in [2.24, 2.45) is 0 Å². The summed E-state index contributed by atoms with van der Waals surface area (Å²) in [7, 11) is 0. The van der Waals surface area contributed by atoms with Crippen molar-refractivity contribution in [3.63, 3.8) is 0 Å². The van der Waals surface area contributed by atoms with Crippen LogP contribution in [0.15, 0.2) is 54.4 Å². The van der Waals surface area contributed by atoms with Gasteiger partial charge in [-0.05, 0) is 18.3 Å². The number of fused-ring (bicyclic) bond motifs is 1. The Hall–Kier alpha value is -3.56. The standard InChI is InChI=1S/C22H23N5O4/c1-2-24-21(29)18-19(28)17-12-16(15-4-3-5-23-13-15)14-25-20(17)27(22(18)30)7-6-26-8-10-31-11-9-26/h2-5,12-14,28H,1,6-11H2,(H,24,29). The molecule has 1 fully saturated rings. The maximum Gasteiger partial charge on any atom is 0.268 e. The monoisotopic (exact) mass is 421 g/mol. The van der Waals surface area contributed by atoms with Crippen molar-refractivity contribution in [1.82, 2.24) is 24.8 Å². The molecule has 1 aliphatic heterocycles. The molecule has 31 heavy (non-hydrogen) atoms. The van der Waals surface area contributed by atoms with Crippen LogP contribution in [0.3, 0.4) is 0 Å². The summed E-state index contributed by atoms with van der Waals surface area (Å²) in [5.41, 5.74) is 0.904. The summed E-state index contributed by atoms with van der Waals surface area (Å²) in [6.07, 6.45) is 6.15. The van der Waals surface area contributed by atoms with Gasteiger partial charge in [-0.15, -0.1) is 0 Å². The number of pyridine rings is 3. The van der Waals surface area contributed by atoms with Crippen LogP contribution in [-0.2, 0) is 11.3 Å². The van der Waals surface area contributed by atoms with Crippen LogP contribution in [0.5, 0.6) is 5.75 Å². The molecule has 1 saturated heterocycles. The number of morpholine rings is 1. The van der Waals surface area contributed by atoms with Crippen LogP contribution >= 0.6 is 0 Å². The zero-order chi connectivity index (χ0) is 21.8. The number of hydrogen-bond donors (Lipinski definition) is 2. The zero-order valence-electron chi connectivity index (χ0n) is 17.0. The van der Waals surface area contributed by atoms with Gasteiger partial charge in [0.05, 0.1) is 18.6 Å². The van der Waals surface area contributed by atoms with Crippen molar-refractivity contribution in [3.05, 3.63) is 65.5 Å². The molecule has 3 aromatic heterocycles. The molecular formula is C22H23N5O4. The molecule has 0 aromatic carbocycles. The van der Waals surface area contributed by atoms with Gasteiger partial charge in [-0.3, -0.25) is 24.0 Å². The predicted octanol–water partition coefficient (Wildman–Crippen LogP) is 1.37. The Morgan fingerprint density at radius 1 is 1.26 bits per heavy atom. The summed E-state index contributed by atoms with van der Waals surface area (Å²) in [5, 5.41) is 13.5. The van der Waals surface area contributed by atoms with Gasteiger partial charge in [0.2, 0.25) is 0 Å². The van der Waals surface area contributed by atoms with Crippen LogP contribution in [0.4, 0.5) is 0 Å². The first-order valence-corrected chi connectivity index (χ1v) is 9.98. The molecule has 4 rings (SSSR count). The summed E-state index contributed by atoms with van der Waals surface area (Å²) in [4.78, 5) is 36.5. The average Bonchev–Trinajstić information content (AvgIpc) is 2.80. The van der Waals surface area contributed by atoms with E-state index in [2.05, 4.69) is 26.8 Å². The van der Waals surface area contributed by atoms with Gasteiger partial charge < -0.3 is 15.2 Å². The van der Waals surface area contributed by atoms with E-state index in [1.54, 1.807) is 30.7 Å². The molecule has 0 atom stereocenters. The molecule has 0 unspecified atom stereocenters. The molecule has 0 spiro atoms. The first kappa shape index (κ1) is 20.7. The quantitative estimate of drug-likeness (QED) is 0.619. The molecule has 0 saturated carbocycles. The first-order chi connectivity index (χ1) is 15.1. The molecule has 0 aliphatic carbocycles. The summed E-state index contributed by atoms with van der Waals surface area (Å²) < 4.78 is 6.81. The number of nitrogens with one attached hydrogen (secondary N) is 1. The van der Waals surface area contributed by atoms with Gasteiger partial charge in [0.1, 0.15) is 17.0 Å². The smallest absolute Gasteiger partial charge is 0.268 e. The normalized spacial score (nSPS) is 14.5. The third kappa shape index (κ3) is 4.18. The summed E-state index contributed by atoms with van der Waals surface area (Å²) in [6, 6.07) is 5.38. The SMILES string of the molecule is C=CNC(=O)c1c(O)c2cc(-c3cccnc3)cnc2n(CCN2CCOCC2)c1=O. The third-order valence-corrected chi connectivity index (χ3v) is 5.27. The van der Waals surface area contributed by atoms with Gasteiger partial charge >= 0.3 is 0 Å². The molecule has 4 heterocycles. The van der Waals surface area contributed by atoms with Gasteiger partial charge in [-0.2, -0.15) is 0 Å². The van der Waals surface area contributed by atoms with Crippen molar-refractivity contribution in [1.29, 1.82) is 0 Å². The molecule has 1 aliphatic rings. The molecular weight excluding hydrogens is 398 g/mol. The van der Waals surface area contributed by atoms with E-state index in [0.29, 0.717) is 42.9 Å². The first-order valence-electron chi connectivity index (χ1n) is 9.98. The van der Waals surface area contributed by atoms with Gasteiger partial charge in [-0.25, -0.2) is 4.98 Å². The second kappa shape index (κ2) is 9.07. The maximum absolute atomic E-state index is 13.2. The Bertz CT molecular complexity index is 1170. The van der Waals surface area contributed by atoms with Crippen molar-refractivity contribution in [2.75, 3.05) is 32.8 Å². The summed E-state index contributed by atoms with van der Waals surface area (Å²) >= 11 is 0. The van der Waals surface area contributed by atoms with Gasteiger partial charge in [0.25, 0.3) is 11.5 Å². The fraction of sp³-hybridized carbons (Fsp3) is 0.273. The fourth-order valence-corrected chi connectivity index (χ4v) is 3.65. The van der Waals surface area contributed by atoms with E-state index in [0.717, 1.165) is 18.7 Å². The number of rotatable bonds is 6. The molecule has 9 nitrogen and oxygen atoms in total. The van der Waals surface area contributed by atoms with Gasteiger partial charge in [0, 0.05) is 55.9 Å². The Kier molecular flexibility index (Phi) is 6.06. The van der Waals surface area contributed by atoms with Gasteiger partial charge in [-0.1, -0.05) is 12.6 Å². The molecule has 0 bridgehead atoms. The zero-order valence-corrected chi connectivity index (χ0v) is 17.0. The predicted molar refractivity (Wildman–Crippen MR) is 116 cm³/mol. The molecule has 160 valence electrons. The molecule has 9 heteroatoms. The van der Waals surface area contributed by atoms with Crippen LogP contribution in [0.2, 0.25) is 0 Å². The molecule has 0 radical (unpaired) electrons. The summed E-state index contributed by atoms with van der Waals surface area (Å²) in [6.45, 7) is 7.21.